The van der Waals surface area contributed by atoms with Gasteiger partial charge in [-0.05, 0) is 36.4 Å². The van der Waals surface area contributed by atoms with Gasteiger partial charge in [-0.25, -0.2) is 0 Å². The van der Waals surface area contributed by atoms with Crippen molar-refractivity contribution < 1.29 is 24.2 Å². The van der Waals surface area contributed by atoms with Gasteiger partial charge in [-0.15, -0.1) is 0 Å². The van der Waals surface area contributed by atoms with E-state index in [-0.39, 0.29) is 0 Å². The zero-order valence-corrected chi connectivity index (χ0v) is 16.1. The molecule has 2 aromatic carbocycles. The van der Waals surface area contributed by atoms with E-state index < -0.39 is 6.10 Å². The second-order valence-electron chi connectivity index (χ2n) is 6.78. The number of rotatable bonds is 8. The summed E-state index contributed by atoms with van der Waals surface area (Å²) in [5.74, 6) is 2.34. The highest BCUT2D eigenvalue weighted by Crippen LogP contribution is 2.20. The van der Waals surface area contributed by atoms with E-state index >= 15 is 0 Å². The van der Waals surface area contributed by atoms with E-state index in [9.17, 15) is 5.11 Å². The molecule has 0 amide bonds. The number of quaternary nitrogens is 1. The maximum Gasteiger partial charge on any atom is 0.137 e. The van der Waals surface area contributed by atoms with Crippen LogP contribution in [0, 0.1) is 0 Å². The van der Waals surface area contributed by atoms with Crippen LogP contribution in [0.4, 0.5) is 5.69 Å². The molecule has 2 N–H and O–H groups in total. The van der Waals surface area contributed by atoms with Crippen LogP contribution >= 0.6 is 0 Å². The van der Waals surface area contributed by atoms with Crippen molar-refractivity contribution in [3.05, 3.63) is 48.5 Å². The number of ether oxygens (including phenoxy) is 3. The van der Waals surface area contributed by atoms with Gasteiger partial charge in [0.25, 0.3) is 0 Å². The number of aliphatic hydroxyl groups excluding tert-OH is 1. The van der Waals surface area contributed by atoms with Crippen molar-refractivity contribution in [1.29, 1.82) is 0 Å². The van der Waals surface area contributed by atoms with Gasteiger partial charge in [0.1, 0.15) is 36.5 Å². The van der Waals surface area contributed by atoms with E-state index in [2.05, 4.69) is 17.0 Å². The van der Waals surface area contributed by atoms with Gasteiger partial charge in [-0.3, -0.25) is 0 Å². The van der Waals surface area contributed by atoms with Gasteiger partial charge in [0, 0.05) is 11.8 Å². The Morgan fingerprint density at radius 1 is 0.963 bits per heavy atom. The molecule has 6 heteroatoms. The van der Waals surface area contributed by atoms with Crippen molar-refractivity contribution in [2.45, 2.75) is 6.10 Å². The lowest BCUT2D eigenvalue weighted by atomic mass is 10.2. The largest absolute Gasteiger partial charge is 0.497 e. The predicted molar refractivity (Wildman–Crippen MR) is 105 cm³/mol. The minimum atomic E-state index is -0.487. The Bertz CT molecular complexity index is 700. The Kier molecular flexibility index (Phi) is 6.79. The lowest BCUT2D eigenvalue weighted by Crippen LogP contribution is -3.16. The van der Waals surface area contributed by atoms with Gasteiger partial charge >= 0.3 is 0 Å². The van der Waals surface area contributed by atoms with Crippen LogP contribution in [0.25, 0.3) is 0 Å². The molecule has 2 aromatic rings. The van der Waals surface area contributed by atoms with Gasteiger partial charge in [0.2, 0.25) is 0 Å². The molecule has 0 bridgehead atoms. The van der Waals surface area contributed by atoms with E-state index in [1.54, 1.807) is 14.2 Å². The van der Waals surface area contributed by atoms with Gasteiger partial charge in [-0.1, -0.05) is 6.07 Å². The average molecular weight is 373 g/mol. The van der Waals surface area contributed by atoms with Crippen LogP contribution in [-0.2, 0) is 0 Å². The first kappa shape index (κ1) is 19.3. The van der Waals surface area contributed by atoms with Gasteiger partial charge < -0.3 is 29.1 Å². The Morgan fingerprint density at radius 3 is 2.30 bits per heavy atom. The highest BCUT2D eigenvalue weighted by molar-refractivity contribution is 5.49. The Balaban J connectivity index is 1.41. The molecular formula is C21H29N2O4+. The smallest absolute Gasteiger partial charge is 0.137 e. The van der Waals surface area contributed by atoms with Gasteiger partial charge in [0.15, 0.2) is 0 Å². The molecule has 6 nitrogen and oxygen atoms in total. The number of anilines is 1. The summed E-state index contributed by atoms with van der Waals surface area (Å²) in [5.41, 5.74) is 1.22. The van der Waals surface area contributed by atoms with Crippen LogP contribution in [0.2, 0.25) is 0 Å². The monoisotopic (exact) mass is 373 g/mol. The van der Waals surface area contributed by atoms with Gasteiger partial charge in [0.05, 0.1) is 40.4 Å². The first-order chi connectivity index (χ1) is 13.2. The molecule has 0 saturated carbocycles. The second-order valence-corrected chi connectivity index (χ2v) is 6.78. The molecule has 0 aromatic heterocycles. The van der Waals surface area contributed by atoms with Crippen LogP contribution in [-0.4, -0.2) is 64.8 Å². The molecule has 27 heavy (non-hydrogen) atoms. The highest BCUT2D eigenvalue weighted by atomic mass is 16.5. The summed E-state index contributed by atoms with van der Waals surface area (Å²) in [6.07, 6.45) is -0.487. The molecule has 0 spiro atoms. The first-order valence-electron chi connectivity index (χ1n) is 9.35. The second kappa shape index (κ2) is 9.48. The molecule has 3 rings (SSSR count). The van der Waals surface area contributed by atoms with E-state index in [1.165, 1.54) is 10.6 Å². The van der Waals surface area contributed by atoms with Crippen molar-refractivity contribution in [2.75, 3.05) is 58.5 Å². The Morgan fingerprint density at radius 2 is 1.63 bits per heavy atom. The Hall–Kier alpha value is -2.44. The molecule has 1 saturated heterocycles. The molecule has 0 unspecified atom stereocenters. The summed E-state index contributed by atoms with van der Waals surface area (Å²) in [7, 11) is 3.31. The number of nitrogens with zero attached hydrogens (tertiary/aromatic N) is 1. The summed E-state index contributed by atoms with van der Waals surface area (Å²) < 4.78 is 16.1. The summed E-state index contributed by atoms with van der Waals surface area (Å²) >= 11 is 0. The van der Waals surface area contributed by atoms with Crippen LogP contribution in [0.15, 0.2) is 48.5 Å². The summed E-state index contributed by atoms with van der Waals surface area (Å²) in [4.78, 5) is 3.78. The molecule has 1 heterocycles. The summed E-state index contributed by atoms with van der Waals surface area (Å²) in [5, 5.41) is 10.3. The normalized spacial score (nSPS) is 16.0. The van der Waals surface area contributed by atoms with Crippen LogP contribution < -0.4 is 24.0 Å². The molecule has 1 atom stereocenters. The maximum absolute atomic E-state index is 10.3. The molecular weight excluding hydrogens is 344 g/mol. The quantitative estimate of drug-likeness (QED) is 0.719. The molecule has 146 valence electrons. The number of aliphatic hydroxyl groups is 1. The SMILES string of the molecule is COc1ccc(N2CC[NH+](C[C@H](O)COc3cccc(OC)c3)CC2)cc1. The average Bonchev–Trinajstić information content (AvgIpc) is 2.73. The third-order valence-electron chi connectivity index (χ3n) is 4.92. The summed E-state index contributed by atoms with van der Waals surface area (Å²) in [6.45, 7) is 4.94. The molecule has 1 aliphatic rings. The van der Waals surface area contributed by atoms with Gasteiger partial charge in [-0.2, -0.15) is 0 Å². The fourth-order valence-corrected chi connectivity index (χ4v) is 3.35. The fraction of sp³-hybridized carbons (Fsp3) is 0.429. The first-order valence-corrected chi connectivity index (χ1v) is 9.35. The lowest BCUT2D eigenvalue weighted by molar-refractivity contribution is -0.903. The van der Waals surface area contributed by atoms with Crippen LogP contribution in [0.3, 0.4) is 0 Å². The highest BCUT2D eigenvalue weighted by Gasteiger charge is 2.23. The zero-order chi connectivity index (χ0) is 19.1. The van der Waals surface area contributed by atoms with E-state index in [1.807, 2.05) is 36.4 Å². The molecule has 0 radical (unpaired) electrons. The number of nitrogens with one attached hydrogen (secondary N) is 1. The molecule has 0 aliphatic carbocycles. The minimum Gasteiger partial charge on any atom is -0.497 e. The fourth-order valence-electron chi connectivity index (χ4n) is 3.35. The third-order valence-corrected chi connectivity index (χ3v) is 4.92. The molecule has 1 aliphatic heterocycles. The lowest BCUT2D eigenvalue weighted by Gasteiger charge is -2.34. The number of hydrogen-bond acceptors (Lipinski definition) is 5. The Labute approximate surface area is 160 Å². The van der Waals surface area contributed by atoms with Crippen molar-refractivity contribution in [3.8, 4) is 17.2 Å². The molecule has 1 fully saturated rings. The third kappa shape index (κ3) is 5.52. The van der Waals surface area contributed by atoms with Crippen molar-refractivity contribution in [3.63, 3.8) is 0 Å². The number of piperazine rings is 1. The van der Waals surface area contributed by atoms with Crippen molar-refractivity contribution >= 4 is 5.69 Å². The summed E-state index contributed by atoms with van der Waals surface area (Å²) in [6, 6.07) is 15.6. The van der Waals surface area contributed by atoms with E-state index in [4.69, 9.17) is 14.2 Å². The zero-order valence-electron chi connectivity index (χ0n) is 16.1. The van der Waals surface area contributed by atoms with Crippen molar-refractivity contribution in [2.24, 2.45) is 0 Å². The standard InChI is InChI=1S/C21H28N2O4/c1-25-19-8-6-17(7-9-19)23-12-10-22(11-13-23)15-18(24)16-27-21-5-3-4-20(14-21)26-2/h3-9,14,18,24H,10-13,15-16H2,1-2H3/p+1/t18-/m0/s1. The van der Waals surface area contributed by atoms with E-state index in [0.29, 0.717) is 18.9 Å². The van der Waals surface area contributed by atoms with Crippen LogP contribution in [0.5, 0.6) is 17.2 Å². The van der Waals surface area contributed by atoms with Crippen LogP contribution in [0.1, 0.15) is 0 Å². The maximum atomic E-state index is 10.3. The number of benzene rings is 2. The number of hydrogen-bond donors (Lipinski definition) is 2. The minimum absolute atomic E-state index is 0.291. The predicted octanol–water partition coefficient (Wildman–Crippen LogP) is 0.849. The van der Waals surface area contributed by atoms with Crippen molar-refractivity contribution in [1.82, 2.24) is 0 Å². The topological polar surface area (TPSA) is 55.6 Å². The number of methoxy groups -OCH3 is 2. The van der Waals surface area contributed by atoms with E-state index in [0.717, 1.165) is 37.7 Å².